The number of anilines is 1. The summed E-state index contributed by atoms with van der Waals surface area (Å²) in [6.45, 7) is 7.82. The molecule has 4 rings (SSSR count). The Hall–Kier alpha value is -1.14. The predicted molar refractivity (Wildman–Crippen MR) is 111 cm³/mol. The van der Waals surface area contributed by atoms with Gasteiger partial charge in [-0.3, -0.25) is 9.69 Å². The molecule has 0 spiro atoms. The van der Waals surface area contributed by atoms with Crippen molar-refractivity contribution in [3.63, 3.8) is 0 Å². The summed E-state index contributed by atoms with van der Waals surface area (Å²) in [5.74, 6) is 2.88. The minimum absolute atomic E-state index is 0.406. The first-order valence-corrected chi connectivity index (χ1v) is 11.8. The molecule has 1 aromatic heterocycles. The van der Waals surface area contributed by atoms with E-state index in [0.717, 1.165) is 68.4 Å². The third kappa shape index (κ3) is 4.83. The summed E-state index contributed by atoms with van der Waals surface area (Å²) in [4.78, 5) is 22.0. The van der Waals surface area contributed by atoms with Crippen LogP contribution in [0.1, 0.15) is 57.6 Å². The highest BCUT2D eigenvalue weighted by Gasteiger charge is 2.40. The number of hydrogen-bond acceptors (Lipinski definition) is 5. The van der Waals surface area contributed by atoms with Crippen LogP contribution in [0.4, 0.5) is 5.13 Å². The van der Waals surface area contributed by atoms with Crippen molar-refractivity contribution in [2.45, 2.75) is 58.4 Å². The maximum atomic E-state index is 12.7. The van der Waals surface area contributed by atoms with Crippen molar-refractivity contribution in [3.8, 4) is 0 Å². The van der Waals surface area contributed by atoms with Crippen LogP contribution in [0, 0.1) is 17.8 Å². The average Bonchev–Trinajstić information content (AvgIpc) is 3.40. The van der Waals surface area contributed by atoms with Crippen LogP contribution in [-0.4, -0.2) is 53.4 Å². The van der Waals surface area contributed by atoms with Gasteiger partial charge in [0.2, 0.25) is 5.91 Å². The Bertz CT molecular complexity index is 625. The molecule has 6 heteroatoms. The van der Waals surface area contributed by atoms with Crippen LogP contribution in [0.25, 0.3) is 0 Å². The van der Waals surface area contributed by atoms with Gasteiger partial charge >= 0.3 is 0 Å². The lowest BCUT2D eigenvalue weighted by Crippen LogP contribution is -2.48. The fourth-order valence-electron chi connectivity index (χ4n) is 5.20. The monoisotopic (exact) mass is 390 g/mol. The number of fused-ring (bicyclic) bond motifs is 2. The number of carbonyl (C=O) groups excluding carboxylic acids is 1. The fourth-order valence-corrected chi connectivity index (χ4v) is 5.93. The van der Waals surface area contributed by atoms with Gasteiger partial charge in [0, 0.05) is 51.1 Å². The third-order valence-electron chi connectivity index (χ3n) is 6.79. The van der Waals surface area contributed by atoms with Crippen molar-refractivity contribution in [1.82, 2.24) is 14.8 Å². The lowest BCUT2D eigenvalue weighted by Gasteiger charge is -2.35. The van der Waals surface area contributed by atoms with Crippen molar-refractivity contribution in [1.29, 1.82) is 0 Å². The average molecular weight is 391 g/mol. The fraction of sp³-hybridized carbons (Fsp3) is 0.810. The van der Waals surface area contributed by atoms with Crippen molar-refractivity contribution in [2.24, 2.45) is 17.8 Å². The van der Waals surface area contributed by atoms with Crippen LogP contribution in [0.2, 0.25) is 0 Å². The van der Waals surface area contributed by atoms with E-state index in [1.54, 1.807) is 11.3 Å². The molecule has 2 heterocycles. The molecule has 0 aromatic carbocycles. The molecule has 27 heavy (non-hydrogen) atoms. The lowest BCUT2D eigenvalue weighted by atomic mass is 9.86. The van der Waals surface area contributed by atoms with E-state index in [0.29, 0.717) is 11.8 Å². The van der Waals surface area contributed by atoms with Crippen molar-refractivity contribution in [3.05, 3.63) is 11.1 Å². The van der Waals surface area contributed by atoms with Gasteiger partial charge in [-0.15, -0.1) is 11.3 Å². The summed E-state index contributed by atoms with van der Waals surface area (Å²) in [5.41, 5.74) is 1.15. The Morgan fingerprint density at radius 2 is 2.11 bits per heavy atom. The largest absolute Gasteiger partial charge is 0.362 e. The summed E-state index contributed by atoms with van der Waals surface area (Å²) in [6.07, 6.45) is 8.70. The van der Waals surface area contributed by atoms with E-state index in [2.05, 4.69) is 27.4 Å². The van der Waals surface area contributed by atoms with Gasteiger partial charge in [0.15, 0.2) is 5.13 Å². The van der Waals surface area contributed by atoms with Crippen molar-refractivity contribution in [2.75, 3.05) is 38.0 Å². The number of rotatable bonds is 8. The van der Waals surface area contributed by atoms with Crippen molar-refractivity contribution < 1.29 is 4.79 Å². The summed E-state index contributed by atoms with van der Waals surface area (Å²) in [5, 5.41) is 6.61. The topological polar surface area (TPSA) is 48.5 Å². The van der Waals surface area contributed by atoms with E-state index in [9.17, 15) is 4.79 Å². The number of amides is 1. The molecule has 1 saturated heterocycles. The van der Waals surface area contributed by atoms with Gasteiger partial charge in [-0.25, -0.2) is 4.98 Å². The number of thiazole rings is 1. The molecule has 1 N–H and O–H groups in total. The maximum Gasteiger partial charge on any atom is 0.222 e. The molecule has 3 unspecified atom stereocenters. The zero-order chi connectivity index (χ0) is 18.6. The van der Waals surface area contributed by atoms with E-state index >= 15 is 0 Å². The van der Waals surface area contributed by atoms with Gasteiger partial charge in [0.05, 0.1) is 5.69 Å². The predicted octanol–water partition coefficient (Wildman–Crippen LogP) is 3.83. The van der Waals surface area contributed by atoms with Gasteiger partial charge in [-0.2, -0.15) is 0 Å². The number of nitrogens with zero attached hydrogens (tertiary/aromatic N) is 3. The highest BCUT2D eigenvalue weighted by Crippen LogP contribution is 2.49. The van der Waals surface area contributed by atoms with Gasteiger partial charge < -0.3 is 10.2 Å². The van der Waals surface area contributed by atoms with Gasteiger partial charge in [0.25, 0.3) is 0 Å². The van der Waals surface area contributed by atoms with E-state index in [1.807, 2.05) is 0 Å². The van der Waals surface area contributed by atoms with Crippen LogP contribution in [0.15, 0.2) is 5.38 Å². The molecule has 2 saturated carbocycles. The molecule has 1 amide bonds. The SMILES string of the molecule is CCCCNc1nc(CN2CCN(C(=O)CC3CC4CCC3C4)CC2)cs1. The second-order valence-electron chi connectivity index (χ2n) is 8.72. The number of hydrogen-bond donors (Lipinski definition) is 1. The molecule has 3 aliphatic rings. The second kappa shape index (κ2) is 8.91. The lowest BCUT2D eigenvalue weighted by molar-refractivity contribution is -0.134. The van der Waals surface area contributed by atoms with Crippen molar-refractivity contribution >= 4 is 22.4 Å². The molecular formula is C21H34N4OS. The normalized spacial score (nSPS) is 28.0. The number of nitrogens with one attached hydrogen (secondary N) is 1. The quantitative estimate of drug-likeness (QED) is 0.686. The molecule has 150 valence electrons. The smallest absolute Gasteiger partial charge is 0.222 e. The Morgan fingerprint density at radius 3 is 2.81 bits per heavy atom. The highest BCUT2D eigenvalue weighted by atomic mass is 32.1. The first kappa shape index (κ1) is 19.2. The summed E-state index contributed by atoms with van der Waals surface area (Å²) < 4.78 is 0. The van der Waals surface area contributed by atoms with Gasteiger partial charge in [-0.05, 0) is 43.4 Å². The van der Waals surface area contributed by atoms with Gasteiger partial charge in [0.1, 0.15) is 0 Å². The zero-order valence-electron chi connectivity index (χ0n) is 16.7. The summed E-state index contributed by atoms with van der Waals surface area (Å²) in [7, 11) is 0. The molecule has 1 aliphatic heterocycles. The summed E-state index contributed by atoms with van der Waals surface area (Å²) >= 11 is 1.70. The second-order valence-corrected chi connectivity index (χ2v) is 9.58. The van der Waals surface area contributed by atoms with Crippen LogP contribution in [-0.2, 0) is 11.3 Å². The van der Waals surface area contributed by atoms with E-state index in [-0.39, 0.29) is 0 Å². The molecule has 0 radical (unpaired) electrons. The molecule has 3 atom stereocenters. The number of carbonyl (C=O) groups is 1. The first-order valence-electron chi connectivity index (χ1n) is 10.9. The van der Waals surface area contributed by atoms with E-state index in [4.69, 9.17) is 4.98 Å². The molecule has 5 nitrogen and oxygen atoms in total. The Balaban J connectivity index is 1.18. The van der Waals surface area contributed by atoms with Crippen LogP contribution < -0.4 is 5.32 Å². The highest BCUT2D eigenvalue weighted by molar-refractivity contribution is 7.13. The zero-order valence-corrected chi connectivity index (χ0v) is 17.5. The minimum Gasteiger partial charge on any atom is -0.362 e. The number of piperazine rings is 1. The number of unbranched alkanes of at least 4 members (excludes halogenated alkanes) is 1. The Kier molecular flexibility index (Phi) is 6.33. The summed E-state index contributed by atoms with van der Waals surface area (Å²) in [6, 6.07) is 0. The molecule has 1 aromatic rings. The molecule has 3 fully saturated rings. The standard InChI is InChI=1S/C21H34N4OS/c1-2-3-6-22-21-23-19(15-27-21)14-24-7-9-25(10-8-24)20(26)13-18-12-16-4-5-17(18)11-16/h15-18H,2-14H2,1H3,(H,22,23). The molecule has 2 bridgehead atoms. The Morgan fingerprint density at radius 1 is 1.26 bits per heavy atom. The minimum atomic E-state index is 0.406. The van der Waals surface area contributed by atoms with E-state index in [1.165, 1.54) is 38.5 Å². The van der Waals surface area contributed by atoms with Crippen LogP contribution in [0.5, 0.6) is 0 Å². The first-order chi connectivity index (χ1) is 13.2. The van der Waals surface area contributed by atoms with E-state index < -0.39 is 0 Å². The van der Waals surface area contributed by atoms with Gasteiger partial charge in [-0.1, -0.05) is 19.8 Å². The Labute approximate surface area is 167 Å². The van der Waals surface area contributed by atoms with Crippen LogP contribution in [0.3, 0.4) is 0 Å². The number of aromatic nitrogens is 1. The molecule has 2 aliphatic carbocycles. The third-order valence-corrected chi connectivity index (χ3v) is 7.64. The maximum absolute atomic E-state index is 12.7. The van der Waals surface area contributed by atoms with Crippen LogP contribution >= 0.6 is 11.3 Å². The molecular weight excluding hydrogens is 356 g/mol.